The van der Waals surface area contributed by atoms with Gasteiger partial charge in [0.15, 0.2) is 11.5 Å². The Hall–Kier alpha value is -2.11. The summed E-state index contributed by atoms with van der Waals surface area (Å²) in [6.45, 7) is 0.00151. The van der Waals surface area contributed by atoms with Gasteiger partial charge in [-0.1, -0.05) is 0 Å². The van der Waals surface area contributed by atoms with Gasteiger partial charge in [0, 0.05) is 17.3 Å². The topological polar surface area (TPSA) is 96.8 Å². The Kier molecular flexibility index (Phi) is 3.82. The zero-order valence-corrected chi connectivity index (χ0v) is 9.15. The summed E-state index contributed by atoms with van der Waals surface area (Å²) in [7, 11) is 3.02. The highest BCUT2D eigenvalue weighted by Gasteiger charge is 2.10. The van der Waals surface area contributed by atoms with E-state index in [-0.39, 0.29) is 6.61 Å². The van der Waals surface area contributed by atoms with Crippen LogP contribution in [0, 0.1) is 0 Å². The molecule has 1 aromatic rings. The average molecular weight is 226 g/mol. The predicted octanol–water partition coefficient (Wildman–Crippen LogP) is 0.881. The fourth-order valence-electron chi connectivity index (χ4n) is 1.21. The lowest BCUT2D eigenvalue weighted by atomic mass is 10.1. The number of ether oxygens (including phenoxy) is 3. The van der Waals surface area contributed by atoms with Crippen molar-refractivity contribution in [1.82, 2.24) is 0 Å². The van der Waals surface area contributed by atoms with Crippen molar-refractivity contribution in [2.24, 2.45) is 5.73 Å². The van der Waals surface area contributed by atoms with Crippen molar-refractivity contribution in [2.75, 3.05) is 20.0 Å². The summed E-state index contributed by atoms with van der Waals surface area (Å²) in [4.78, 5) is 10.5. The van der Waals surface area contributed by atoms with Crippen LogP contribution < -0.4 is 20.9 Å². The van der Waals surface area contributed by atoms with Crippen LogP contribution in [0.25, 0.3) is 0 Å². The summed E-state index contributed by atoms with van der Waals surface area (Å²) in [6.07, 6.45) is -0.853. The second-order valence-corrected chi connectivity index (χ2v) is 3.01. The molecule has 0 unspecified atom stereocenters. The normalized spacial score (nSPS) is 9.62. The molecule has 0 atom stereocenters. The van der Waals surface area contributed by atoms with Gasteiger partial charge in [-0.05, 0) is 6.07 Å². The van der Waals surface area contributed by atoms with Crippen LogP contribution in [0.5, 0.6) is 11.5 Å². The maximum Gasteiger partial charge on any atom is 0.404 e. The Morgan fingerprint density at radius 3 is 2.31 bits per heavy atom. The molecule has 0 saturated heterocycles. The SMILES string of the molecule is COc1cc(N)c(COC(N)=O)cc1OC. The summed E-state index contributed by atoms with van der Waals surface area (Å²) < 4.78 is 14.8. The van der Waals surface area contributed by atoms with Gasteiger partial charge in [-0.3, -0.25) is 0 Å². The predicted molar refractivity (Wildman–Crippen MR) is 58.3 cm³/mol. The number of carbonyl (C=O) groups excluding carboxylic acids is 1. The van der Waals surface area contributed by atoms with Crippen molar-refractivity contribution >= 4 is 11.8 Å². The molecule has 1 aromatic carbocycles. The summed E-state index contributed by atoms with van der Waals surface area (Å²) >= 11 is 0. The number of benzene rings is 1. The molecule has 88 valence electrons. The number of hydrogen-bond donors (Lipinski definition) is 2. The van der Waals surface area contributed by atoms with Crippen molar-refractivity contribution in [1.29, 1.82) is 0 Å². The highest BCUT2D eigenvalue weighted by Crippen LogP contribution is 2.32. The number of amides is 1. The molecular weight excluding hydrogens is 212 g/mol. The van der Waals surface area contributed by atoms with Crippen LogP contribution in [0.3, 0.4) is 0 Å². The second kappa shape index (κ2) is 5.11. The minimum absolute atomic E-state index is 0.00151. The molecule has 0 bridgehead atoms. The van der Waals surface area contributed by atoms with E-state index in [9.17, 15) is 4.79 Å². The standard InChI is InChI=1S/C10H14N2O4/c1-14-8-3-6(5-16-10(12)13)7(11)4-9(8)15-2/h3-4H,5,11H2,1-2H3,(H2,12,13). The molecule has 0 aliphatic carbocycles. The second-order valence-electron chi connectivity index (χ2n) is 3.01. The maximum atomic E-state index is 10.5. The zero-order valence-electron chi connectivity index (χ0n) is 9.15. The van der Waals surface area contributed by atoms with E-state index in [0.717, 1.165) is 0 Å². The third-order valence-electron chi connectivity index (χ3n) is 2.02. The highest BCUT2D eigenvalue weighted by molar-refractivity contribution is 5.65. The molecule has 1 amide bonds. The van der Waals surface area contributed by atoms with Crippen LogP contribution in [0.2, 0.25) is 0 Å². The molecule has 0 saturated carbocycles. The fraction of sp³-hybridized carbons (Fsp3) is 0.300. The van der Waals surface area contributed by atoms with Gasteiger partial charge >= 0.3 is 6.09 Å². The first-order chi connectivity index (χ1) is 7.58. The van der Waals surface area contributed by atoms with Gasteiger partial charge in [0.25, 0.3) is 0 Å². The lowest BCUT2D eigenvalue weighted by molar-refractivity contribution is 0.150. The molecule has 0 fully saturated rings. The minimum atomic E-state index is -0.853. The van der Waals surface area contributed by atoms with Crippen LogP contribution in [0.1, 0.15) is 5.56 Å². The van der Waals surface area contributed by atoms with E-state index in [2.05, 4.69) is 4.74 Å². The number of carbonyl (C=O) groups is 1. The van der Waals surface area contributed by atoms with E-state index >= 15 is 0 Å². The van der Waals surface area contributed by atoms with E-state index in [1.807, 2.05) is 0 Å². The molecule has 0 aliphatic rings. The van der Waals surface area contributed by atoms with Crippen LogP contribution in [0.4, 0.5) is 10.5 Å². The number of nitrogens with two attached hydrogens (primary N) is 2. The molecule has 6 nitrogen and oxygen atoms in total. The van der Waals surface area contributed by atoms with Crippen molar-refractivity contribution in [2.45, 2.75) is 6.61 Å². The van der Waals surface area contributed by atoms with E-state index in [0.29, 0.717) is 22.7 Å². The third-order valence-corrected chi connectivity index (χ3v) is 2.02. The van der Waals surface area contributed by atoms with Crippen molar-refractivity contribution in [3.05, 3.63) is 17.7 Å². The first-order valence-corrected chi connectivity index (χ1v) is 4.51. The minimum Gasteiger partial charge on any atom is -0.493 e. The Morgan fingerprint density at radius 2 is 1.81 bits per heavy atom. The zero-order chi connectivity index (χ0) is 12.1. The monoisotopic (exact) mass is 226 g/mol. The first-order valence-electron chi connectivity index (χ1n) is 4.51. The van der Waals surface area contributed by atoms with Crippen LogP contribution in [-0.2, 0) is 11.3 Å². The van der Waals surface area contributed by atoms with E-state index < -0.39 is 6.09 Å². The molecule has 0 radical (unpaired) electrons. The average Bonchev–Trinajstić information content (AvgIpc) is 2.26. The smallest absolute Gasteiger partial charge is 0.404 e. The first kappa shape index (κ1) is 12.0. The van der Waals surface area contributed by atoms with Gasteiger partial charge in [0.2, 0.25) is 0 Å². The van der Waals surface area contributed by atoms with Crippen molar-refractivity contribution in [3.63, 3.8) is 0 Å². The van der Waals surface area contributed by atoms with Gasteiger partial charge in [-0.15, -0.1) is 0 Å². The summed E-state index contributed by atoms with van der Waals surface area (Å²) in [5.41, 5.74) is 11.6. The Bertz CT molecular complexity index is 393. The van der Waals surface area contributed by atoms with Crippen molar-refractivity contribution in [3.8, 4) is 11.5 Å². The van der Waals surface area contributed by atoms with E-state index in [1.165, 1.54) is 14.2 Å². The van der Waals surface area contributed by atoms with Crippen LogP contribution >= 0.6 is 0 Å². The van der Waals surface area contributed by atoms with Crippen LogP contribution in [-0.4, -0.2) is 20.3 Å². The Balaban J connectivity index is 2.96. The van der Waals surface area contributed by atoms with Gasteiger partial charge in [0.05, 0.1) is 14.2 Å². The summed E-state index contributed by atoms with van der Waals surface area (Å²) in [5.74, 6) is 1.03. The van der Waals surface area contributed by atoms with Gasteiger partial charge in [-0.25, -0.2) is 4.79 Å². The van der Waals surface area contributed by atoms with E-state index in [4.69, 9.17) is 20.9 Å². The molecule has 0 aromatic heterocycles. The highest BCUT2D eigenvalue weighted by atomic mass is 16.5. The number of nitrogen functional groups attached to an aromatic ring is 1. The molecule has 16 heavy (non-hydrogen) atoms. The molecule has 0 heterocycles. The van der Waals surface area contributed by atoms with Crippen molar-refractivity contribution < 1.29 is 19.0 Å². The number of rotatable bonds is 4. The number of hydrogen-bond acceptors (Lipinski definition) is 5. The maximum absolute atomic E-state index is 10.5. The molecule has 0 spiro atoms. The lowest BCUT2D eigenvalue weighted by Gasteiger charge is -2.12. The largest absolute Gasteiger partial charge is 0.493 e. The third kappa shape index (κ3) is 2.69. The van der Waals surface area contributed by atoms with Gasteiger partial charge < -0.3 is 25.7 Å². The fourth-order valence-corrected chi connectivity index (χ4v) is 1.21. The van der Waals surface area contributed by atoms with Crippen LogP contribution in [0.15, 0.2) is 12.1 Å². The summed E-state index contributed by atoms with van der Waals surface area (Å²) in [5, 5.41) is 0. The molecule has 6 heteroatoms. The van der Waals surface area contributed by atoms with E-state index in [1.54, 1.807) is 12.1 Å². The van der Waals surface area contributed by atoms with Gasteiger partial charge in [0.1, 0.15) is 6.61 Å². The Morgan fingerprint density at radius 1 is 1.25 bits per heavy atom. The number of primary amides is 1. The summed E-state index contributed by atoms with van der Waals surface area (Å²) in [6, 6.07) is 3.23. The molecule has 0 aliphatic heterocycles. The van der Waals surface area contributed by atoms with Gasteiger partial charge in [-0.2, -0.15) is 0 Å². The number of anilines is 1. The molecule has 1 rings (SSSR count). The Labute approximate surface area is 93.1 Å². The molecule has 4 N–H and O–H groups in total. The molecular formula is C10H14N2O4. The quantitative estimate of drug-likeness (QED) is 0.743. The number of methoxy groups -OCH3 is 2. The lowest BCUT2D eigenvalue weighted by Crippen LogP contribution is -2.13.